The van der Waals surface area contributed by atoms with Crippen LogP contribution in [0.3, 0.4) is 0 Å². The fourth-order valence-corrected chi connectivity index (χ4v) is 4.05. The van der Waals surface area contributed by atoms with Crippen LogP contribution in [0.4, 0.5) is 0 Å². The van der Waals surface area contributed by atoms with Gasteiger partial charge in [-0.3, -0.25) is 4.90 Å². The smallest absolute Gasteiger partial charge is 0.163 e. The molecule has 1 aromatic rings. The third-order valence-electron chi connectivity index (χ3n) is 5.04. The summed E-state index contributed by atoms with van der Waals surface area (Å²) >= 11 is 0. The first-order valence-electron chi connectivity index (χ1n) is 8.57. The maximum Gasteiger partial charge on any atom is 0.163 e. The number of likely N-dealkylation sites (tertiary alicyclic amines) is 1. The zero-order chi connectivity index (χ0) is 15.2. The third kappa shape index (κ3) is 2.79. The van der Waals surface area contributed by atoms with Crippen molar-refractivity contribution in [3.8, 4) is 0 Å². The summed E-state index contributed by atoms with van der Waals surface area (Å²) in [7, 11) is 0. The second-order valence-electron chi connectivity index (χ2n) is 7.28. The molecule has 4 heterocycles. The van der Waals surface area contributed by atoms with Crippen LogP contribution in [-0.4, -0.2) is 57.8 Å². The first kappa shape index (κ1) is 14.6. The Bertz CT molecular complexity index is 542. The average molecular weight is 306 g/mol. The lowest BCUT2D eigenvalue weighted by atomic mass is 9.97. The van der Waals surface area contributed by atoms with Crippen molar-refractivity contribution in [2.75, 3.05) is 26.2 Å². The molecule has 6 heteroatoms. The van der Waals surface area contributed by atoms with E-state index in [-0.39, 0.29) is 6.10 Å². The van der Waals surface area contributed by atoms with Gasteiger partial charge in [-0.05, 0) is 39.7 Å². The van der Waals surface area contributed by atoms with E-state index in [1.54, 1.807) is 0 Å². The molecule has 0 saturated carbocycles. The van der Waals surface area contributed by atoms with Gasteiger partial charge < -0.3 is 14.0 Å². The number of aryl methyl sites for hydroxylation is 1. The molecule has 4 rings (SSSR count). The Morgan fingerprint density at radius 2 is 2.14 bits per heavy atom. The van der Waals surface area contributed by atoms with E-state index >= 15 is 0 Å². The number of fused-ring (bicyclic) bond motifs is 1. The number of rotatable bonds is 3. The Hall–Kier alpha value is -0.980. The highest BCUT2D eigenvalue weighted by molar-refractivity contribution is 5.07. The lowest BCUT2D eigenvalue weighted by Crippen LogP contribution is -2.41. The van der Waals surface area contributed by atoms with Crippen LogP contribution in [0.1, 0.15) is 50.7 Å². The van der Waals surface area contributed by atoms with E-state index in [1.165, 1.54) is 30.9 Å². The van der Waals surface area contributed by atoms with Crippen LogP contribution in [0.2, 0.25) is 0 Å². The number of hydrogen-bond acceptors (Lipinski definition) is 5. The predicted molar refractivity (Wildman–Crippen MR) is 81.7 cm³/mol. The van der Waals surface area contributed by atoms with Gasteiger partial charge in [-0.2, -0.15) is 0 Å². The van der Waals surface area contributed by atoms with Crippen LogP contribution in [0.5, 0.6) is 0 Å². The molecule has 0 radical (unpaired) electrons. The van der Waals surface area contributed by atoms with Crippen molar-refractivity contribution in [1.29, 1.82) is 0 Å². The first-order valence-corrected chi connectivity index (χ1v) is 8.57. The van der Waals surface area contributed by atoms with E-state index in [2.05, 4.69) is 19.7 Å². The summed E-state index contributed by atoms with van der Waals surface area (Å²) in [6, 6.07) is 0. The fourth-order valence-electron chi connectivity index (χ4n) is 4.05. The summed E-state index contributed by atoms with van der Waals surface area (Å²) in [5.41, 5.74) is 0. The van der Waals surface area contributed by atoms with Gasteiger partial charge in [0.15, 0.2) is 5.79 Å². The molecule has 0 bridgehead atoms. The van der Waals surface area contributed by atoms with E-state index in [0.717, 1.165) is 32.6 Å². The van der Waals surface area contributed by atoms with Crippen molar-refractivity contribution in [3.05, 3.63) is 11.6 Å². The minimum Gasteiger partial charge on any atom is -0.348 e. The highest BCUT2D eigenvalue weighted by Crippen LogP contribution is 2.30. The van der Waals surface area contributed by atoms with Gasteiger partial charge in [0, 0.05) is 32.0 Å². The molecule has 2 atom stereocenters. The molecule has 0 N–H and O–H groups in total. The maximum absolute atomic E-state index is 5.95. The quantitative estimate of drug-likeness (QED) is 0.848. The Labute approximate surface area is 131 Å². The number of piperidine rings is 1. The fraction of sp³-hybridized carbons (Fsp3) is 0.875. The second-order valence-corrected chi connectivity index (χ2v) is 7.28. The van der Waals surface area contributed by atoms with E-state index in [1.807, 2.05) is 13.8 Å². The molecule has 0 aliphatic carbocycles. The summed E-state index contributed by atoms with van der Waals surface area (Å²) in [5, 5.41) is 8.85. The average Bonchev–Trinajstić information content (AvgIpc) is 3.14. The zero-order valence-corrected chi connectivity index (χ0v) is 13.6. The number of hydrogen-bond donors (Lipinski definition) is 0. The van der Waals surface area contributed by atoms with Crippen LogP contribution in [0.25, 0.3) is 0 Å². The van der Waals surface area contributed by atoms with Gasteiger partial charge in [0.05, 0.1) is 12.7 Å². The molecule has 2 saturated heterocycles. The van der Waals surface area contributed by atoms with Crippen LogP contribution >= 0.6 is 0 Å². The normalized spacial score (nSPS) is 31.5. The molecule has 0 aromatic carbocycles. The molecule has 122 valence electrons. The van der Waals surface area contributed by atoms with E-state index in [0.29, 0.717) is 12.5 Å². The SMILES string of the molecule is CC1(C)OCC(CN2CCCC(c3nnc4n3CCC4)C2)O1. The first-order chi connectivity index (χ1) is 10.6. The van der Waals surface area contributed by atoms with Gasteiger partial charge in [-0.15, -0.1) is 10.2 Å². The van der Waals surface area contributed by atoms with Crippen molar-refractivity contribution in [1.82, 2.24) is 19.7 Å². The maximum atomic E-state index is 5.95. The van der Waals surface area contributed by atoms with Crippen LogP contribution < -0.4 is 0 Å². The molecular formula is C16H26N4O2. The molecular weight excluding hydrogens is 280 g/mol. The number of aromatic nitrogens is 3. The molecule has 2 fully saturated rings. The van der Waals surface area contributed by atoms with Gasteiger partial charge in [-0.1, -0.05) is 0 Å². The minimum absolute atomic E-state index is 0.192. The Morgan fingerprint density at radius 3 is 2.95 bits per heavy atom. The van der Waals surface area contributed by atoms with E-state index < -0.39 is 5.79 Å². The Kier molecular flexibility index (Phi) is 3.71. The lowest BCUT2D eigenvalue weighted by Gasteiger charge is -2.33. The Morgan fingerprint density at radius 1 is 1.23 bits per heavy atom. The molecule has 2 unspecified atom stereocenters. The summed E-state index contributed by atoms with van der Waals surface area (Å²) in [6.45, 7) is 8.96. The van der Waals surface area contributed by atoms with Crippen LogP contribution in [-0.2, 0) is 22.4 Å². The van der Waals surface area contributed by atoms with Crippen LogP contribution in [0.15, 0.2) is 0 Å². The third-order valence-corrected chi connectivity index (χ3v) is 5.04. The summed E-state index contributed by atoms with van der Waals surface area (Å²) in [4.78, 5) is 2.51. The molecule has 22 heavy (non-hydrogen) atoms. The van der Waals surface area contributed by atoms with Crippen molar-refractivity contribution >= 4 is 0 Å². The largest absolute Gasteiger partial charge is 0.348 e. The van der Waals surface area contributed by atoms with Crippen molar-refractivity contribution in [2.24, 2.45) is 0 Å². The summed E-state index contributed by atoms with van der Waals surface area (Å²) in [5.74, 6) is 2.49. The molecule has 0 amide bonds. The van der Waals surface area contributed by atoms with E-state index in [9.17, 15) is 0 Å². The molecule has 1 aromatic heterocycles. The van der Waals surface area contributed by atoms with Gasteiger partial charge in [0.1, 0.15) is 11.6 Å². The molecule has 3 aliphatic heterocycles. The monoisotopic (exact) mass is 306 g/mol. The summed E-state index contributed by atoms with van der Waals surface area (Å²) < 4.78 is 14.0. The van der Waals surface area contributed by atoms with Crippen molar-refractivity contribution < 1.29 is 9.47 Å². The minimum atomic E-state index is -0.423. The molecule has 0 spiro atoms. The zero-order valence-electron chi connectivity index (χ0n) is 13.6. The number of nitrogens with zero attached hydrogens (tertiary/aromatic N) is 4. The topological polar surface area (TPSA) is 52.4 Å². The van der Waals surface area contributed by atoms with Gasteiger partial charge in [-0.25, -0.2) is 0 Å². The second kappa shape index (κ2) is 5.58. The molecule has 3 aliphatic rings. The van der Waals surface area contributed by atoms with Gasteiger partial charge in [0.25, 0.3) is 0 Å². The standard InChI is InChI=1S/C16H26N4O2/c1-16(2)21-11-13(22-16)10-19-7-3-5-12(9-19)15-18-17-14-6-4-8-20(14)15/h12-13H,3-11H2,1-2H3. The van der Waals surface area contributed by atoms with Gasteiger partial charge >= 0.3 is 0 Å². The highest BCUT2D eigenvalue weighted by atomic mass is 16.7. The van der Waals surface area contributed by atoms with Gasteiger partial charge in [0.2, 0.25) is 0 Å². The van der Waals surface area contributed by atoms with Crippen LogP contribution in [0, 0.1) is 0 Å². The number of ether oxygens (including phenoxy) is 2. The Balaban J connectivity index is 1.40. The molecule has 6 nitrogen and oxygen atoms in total. The highest BCUT2D eigenvalue weighted by Gasteiger charge is 2.35. The van der Waals surface area contributed by atoms with Crippen molar-refractivity contribution in [2.45, 2.75) is 63.9 Å². The lowest BCUT2D eigenvalue weighted by molar-refractivity contribution is -0.140. The van der Waals surface area contributed by atoms with E-state index in [4.69, 9.17) is 9.47 Å². The van der Waals surface area contributed by atoms with Crippen molar-refractivity contribution in [3.63, 3.8) is 0 Å². The summed E-state index contributed by atoms with van der Waals surface area (Å²) in [6.07, 6.45) is 4.95. The predicted octanol–water partition coefficient (Wildman–Crippen LogP) is 1.56.